The maximum atomic E-state index is 13.1. The Labute approximate surface area is 160 Å². The number of pyridine rings is 1. The number of nitrogens with one attached hydrogen (secondary N) is 1. The Morgan fingerprint density at radius 2 is 1.89 bits per heavy atom. The first-order valence-corrected chi connectivity index (χ1v) is 9.18. The van der Waals surface area contributed by atoms with Crippen molar-refractivity contribution in [1.29, 1.82) is 0 Å². The summed E-state index contributed by atoms with van der Waals surface area (Å²) in [5.41, 5.74) is 1.46. The van der Waals surface area contributed by atoms with Crippen molar-refractivity contribution in [3.05, 3.63) is 59.9 Å². The third kappa shape index (κ3) is 4.10. The zero-order valence-electron chi connectivity index (χ0n) is 16.1. The highest BCUT2D eigenvalue weighted by molar-refractivity contribution is 5.96. The fourth-order valence-electron chi connectivity index (χ4n) is 3.56. The minimum absolute atomic E-state index is 0.0223. The average Bonchev–Trinajstić information content (AvgIpc) is 2.68. The van der Waals surface area contributed by atoms with Crippen LogP contribution < -0.4 is 5.32 Å². The van der Waals surface area contributed by atoms with Gasteiger partial charge in [0.05, 0.1) is 12.1 Å². The first-order valence-electron chi connectivity index (χ1n) is 9.18. The molecular weight excluding hydrogens is 340 g/mol. The van der Waals surface area contributed by atoms with Gasteiger partial charge in [-0.3, -0.25) is 14.6 Å². The summed E-state index contributed by atoms with van der Waals surface area (Å²) in [7, 11) is 3.50. The quantitative estimate of drug-likeness (QED) is 0.903. The molecule has 142 valence electrons. The van der Waals surface area contributed by atoms with E-state index in [0.29, 0.717) is 25.1 Å². The number of likely N-dealkylation sites (tertiary alicyclic amines) is 1. The normalized spacial score (nSPS) is 19.4. The second-order valence-corrected chi connectivity index (χ2v) is 7.29. The zero-order chi connectivity index (χ0) is 19.4. The molecule has 1 aliphatic rings. The maximum Gasteiger partial charge on any atom is 0.255 e. The number of amides is 2. The van der Waals surface area contributed by atoms with Crippen LogP contribution in [0.5, 0.6) is 0 Å². The van der Waals surface area contributed by atoms with Crippen LogP contribution in [0.25, 0.3) is 0 Å². The minimum atomic E-state index is -0.836. The molecule has 2 aromatic rings. The second-order valence-electron chi connectivity index (χ2n) is 7.29. The zero-order valence-corrected chi connectivity index (χ0v) is 16.1. The van der Waals surface area contributed by atoms with Gasteiger partial charge in [0.25, 0.3) is 5.91 Å². The third-order valence-corrected chi connectivity index (χ3v) is 4.91. The van der Waals surface area contributed by atoms with Crippen molar-refractivity contribution >= 4 is 17.5 Å². The summed E-state index contributed by atoms with van der Waals surface area (Å²) >= 11 is 0. The van der Waals surface area contributed by atoms with Gasteiger partial charge in [-0.05, 0) is 44.0 Å². The van der Waals surface area contributed by atoms with Gasteiger partial charge in [0.15, 0.2) is 0 Å². The summed E-state index contributed by atoms with van der Waals surface area (Å²) in [6.45, 7) is 2.84. The van der Waals surface area contributed by atoms with Gasteiger partial charge in [0.2, 0.25) is 5.91 Å². The molecule has 0 radical (unpaired) electrons. The van der Waals surface area contributed by atoms with Crippen LogP contribution in [0.3, 0.4) is 0 Å². The molecule has 0 saturated carbocycles. The Morgan fingerprint density at radius 1 is 1.15 bits per heavy atom. The highest BCUT2D eigenvalue weighted by Crippen LogP contribution is 2.28. The van der Waals surface area contributed by atoms with Crippen molar-refractivity contribution in [3.8, 4) is 0 Å². The Morgan fingerprint density at radius 3 is 2.52 bits per heavy atom. The van der Waals surface area contributed by atoms with Gasteiger partial charge in [0.1, 0.15) is 5.54 Å². The number of rotatable bonds is 4. The van der Waals surface area contributed by atoms with E-state index in [1.165, 1.54) is 0 Å². The van der Waals surface area contributed by atoms with Gasteiger partial charge in [-0.25, -0.2) is 0 Å². The summed E-state index contributed by atoms with van der Waals surface area (Å²) in [6, 6.07) is 13.3. The monoisotopic (exact) mass is 366 g/mol. The maximum absolute atomic E-state index is 13.1. The molecule has 27 heavy (non-hydrogen) atoms. The molecule has 1 saturated heterocycles. The molecule has 0 spiro atoms. The molecule has 1 N–H and O–H groups in total. The Hall–Kier alpha value is -2.89. The fourth-order valence-corrected chi connectivity index (χ4v) is 3.56. The lowest BCUT2D eigenvalue weighted by Crippen LogP contribution is -2.62. The van der Waals surface area contributed by atoms with Crippen LogP contribution in [0, 0.1) is 6.92 Å². The number of likely N-dealkylation sites (N-methyl/N-ethyl adjacent to an activating group) is 1. The Kier molecular flexibility index (Phi) is 5.44. The van der Waals surface area contributed by atoms with Crippen LogP contribution in [0.15, 0.2) is 48.7 Å². The molecule has 0 bridgehead atoms. The Balaban J connectivity index is 1.88. The van der Waals surface area contributed by atoms with Crippen LogP contribution in [-0.2, 0) is 4.79 Å². The van der Waals surface area contributed by atoms with Crippen molar-refractivity contribution in [1.82, 2.24) is 14.8 Å². The molecule has 1 atom stereocenters. The number of para-hydroxylation sites is 1. The first-order chi connectivity index (χ1) is 12.9. The van der Waals surface area contributed by atoms with Gasteiger partial charge >= 0.3 is 0 Å². The average molecular weight is 366 g/mol. The van der Waals surface area contributed by atoms with Gasteiger partial charge in [-0.1, -0.05) is 18.2 Å². The highest BCUT2D eigenvalue weighted by Gasteiger charge is 2.44. The number of aromatic nitrogens is 1. The Bertz CT molecular complexity index is 805. The molecular formula is C21H26N4O2. The van der Waals surface area contributed by atoms with E-state index < -0.39 is 5.54 Å². The number of nitrogens with zero attached hydrogens (tertiary/aromatic N) is 3. The molecule has 1 aromatic heterocycles. The first kappa shape index (κ1) is 18.9. The van der Waals surface area contributed by atoms with Crippen molar-refractivity contribution in [3.63, 3.8) is 0 Å². The summed E-state index contributed by atoms with van der Waals surface area (Å²) in [6.07, 6.45) is 3.03. The van der Waals surface area contributed by atoms with Crippen LogP contribution >= 0.6 is 0 Å². The SMILES string of the molecule is Cc1ccc(C(=O)N2CCCC(Nc3ccccc3)(C(=O)N(C)C)C2)cn1. The lowest BCUT2D eigenvalue weighted by Gasteiger charge is -2.43. The molecule has 1 fully saturated rings. The summed E-state index contributed by atoms with van der Waals surface area (Å²) < 4.78 is 0. The number of hydrogen-bond acceptors (Lipinski definition) is 4. The standard InChI is InChI=1S/C21H26N4O2/c1-16-10-11-17(14-22-16)19(26)25-13-7-12-21(15-25,20(27)24(2)3)23-18-8-5-4-6-9-18/h4-6,8-11,14,23H,7,12-13,15H2,1-3H3. The summed E-state index contributed by atoms with van der Waals surface area (Å²) in [5.74, 6) is -0.112. The van der Waals surface area contributed by atoms with Crippen LogP contribution in [0.1, 0.15) is 28.9 Å². The molecule has 6 heteroatoms. The van der Waals surface area contributed by atoms with Crippen molar-refractivity contribution in [2.45, 2.75) is 25.3 Å². The fraction of sp³-hybridized carbons (Fsp3) is 0.381. The van der Waals surface area contributed by atoms with Crippen molar-refractivity contribution in [2.24, 2.45) is 0 Å². The number of carbonyl (C=O) groups is 2. The van der Waals surface area contributed by atoms with E-state index in [9.17, 15) is 9.59 Å². The van der Waals surface area contributed by atoms with E-state index in [1.54, 1.807) is 36.2 Å². The number of hydrogen-bond donors (Lipinski definition) is 1. The number of carbonyl (C=O) groups excluding carboxylic acids is 2. The molecule has 1 aliphatic heterocycles. The topological polar surface area (TPSA) is 65.5 Å². The number of piperidine rings is 1. The van der Waals surface area contributed by atoms with Gasteiger partial charge in [-0.15, -0.1) is 0 Å². The summed E-state index contributed by atoms with van der Waals surface area (Å²) in [5, 5.41) is 3.42. The molecule has 0 aliphatic carbocycles. The van der Waals surface area contributed by atoms with E-state index in [-0.39, 0.29) is 11.8 Å². The molecule has 1 aromatic carbocycles. The van der Waals surface area contributed by atoms with Gasteiger partial charge in [0, 0.05) is 38.2 Å². The van der Waals surface area contributed by atoms with E-state index >= 15 is 0 Å². The molecule has 3 rings (SSSR count). The number of aryl methyl sites for hydroxylation is 1. The van der Waals surface area contributed by atoms with Gasteiger partial charge < -0.3 is 15.1 Å². The second kappa shape index (κ2) is 7.78. The van der Waals surface area contributed by atoms with E-state index in [0.717, 1.165) is 17.8 Å². The molecule has 2 heterocycles. The smallest absolute Gasteiger partial charge is 0.255 e. The lowest BCUT2D eigenvalue weighted by atomic mass is 9.86. The van der Waals surface area contributed by atoms with Crippen molar-refractivity contribution < 1.29 is 9.59 Å². The van der Waals surface area contributed by atoms with Gasteiger partial charge in [-0.2, -0.15) is 0 Å². The summed E-state index contributed by atoms with van der Waals surface area (Å²) in [4.78, 5) is 33.6. The molecule has 2 amide bonds. The minimum Gasteiger partial charge on any atom is -0.370 e. The highest BCUT2D eigenvalue weighted by atomic mass is 16.2. The molecule has 1 unspecified atom stereocenters. The van der Waals surface area contributed by atoms with E-state index in [2.05, 4.69) is 10.3 Å². The van der Waals surface area contributed by atoms with Crippen LogP contribution in [-0.4, -0.2) is 59.3 Å². The molecule has 6 nitrogen and oxygen atoms in total. The van der Waals surface area contributed by atoms with E-state index in [1.807, 2.05) is 43.3 Å². The third-order valence-electron chi connectivity index (χ3n) is 4.91. The largest absolute Gasteiger partial charge is 0.370 e. The van der Waals surface area contributed by atoms with Crippen molar-refractivity contribution in [2.75, 3.05) is 32.5 Å². The van der Waals surface area contributed by atoms with Crippen LogP contribution in [0.2, 0.25) is 0 Å². The lowest BCUT2D eigenvalue weighted by molar-refractivity contribution is -0.135. The number of anilines is 1. The van der Waals surface area contributed by atoms with E-state index in [4.69, 9.17) is 0 Å². The predicted molar refractivity (Wildman–Crippen MR) is 106 cm³/mol. The predicted octanol–water partition coefficient (Wildman–Crippen LogP) is 2.57. The van der Waals surface area contributed by atoms with Crippen LogP contribution in [0.4, 0.5) is 5.69 Å². The number of benzene rings is 1.